The zero-order valence-electron chi connectivity index (χ0n) is 19.4. The van der Waals surface area contributed by atoms with Crippen LogP contribution in [0.3, 0.4) is 0 Å². The molecule has 0 bridgehead atoms. The van der Waals surface area contributed by atoms with Gasteiger partial charge in [-0.15, -0.1) is 0 Å². The van der Waals surface area contributed by atoms with E-state index in [4.69, 9.17) is 5.10 Å². The standard InChI is InChI=1S/C26H23N7O2/c1-15-8-20(9-16(2)30-15)23-24(19-5-3-4-17(10-19)12-27)32-33-7-6-21(31-25(23)33)26(35)29-14-18-11-22(34)28-13-18/h3-10,18H,11,13-14H2,1-2H3,(H,28,34)(H,29,35)/t18-/m1/s1. The summed E-state index contributed by atoms with van der Waals surface area (Å²) >= 11 is 0. The van der Waals surface area contributed by atoms with Crippen molar-refractivity contribution in [3.8, 4) is 28.5 Å². The number of nitriles is 1. The van der Waals surface area contributed by atoms with Crippen LogP contribution in [0.4, 0.5) is 0 Å². The van der Waals surface area contributed by atoms with Gasteiger partial charge in [-0.2, -0.15) is 10.4 Å². The highest BCUT2D eigenvalue weighted by atomic mass is 16.2. The molecule has 35 heavy (non-hydrogen) atoms. The Morgan fingerprint density at radius 2 is 1.97 bits per heavy atom. The van der Waals surface area contributed by atoms with Crippen LogP contribution >= 0.6 is 0 Å². The smallest absolute Gasteiger partial charge is 0.270 e. The van der Waals surface area contributed by atoms with Gasteiger partial charge in [0.15, 0.2) is 5.65 Å². The second-order valence-corrected chi connectivity index (χ2v) is 8.72. The van der Waals surface area contributed by atoms with Crippen LogP contribution < -0.4 is 10.6 Å². The molecule has 4 heterocycles. The quantitative estimate of drug-likeness (QED) is 0.467. The normalized spacial score (nSPS) is 15.1. The molecule has 2 amide bonds. The number of carbonyl (C=O) groups is 2. The molecule has 5 rings (SSSR count). The van der Waals surface area contributed by atoms with Crippen LogP contribution in [0, 0.1) is 31.1 Å². The van der Waals surface area contributed by atoms with Gasteiger partial charge in [0, 0.05) is 48.6 Å². The topological polar surface area (TPSA) is 125 Å². The summed E-state index contributed by atoms with van der Waals surface area (Å²) in [6.07, 6.45) is 2.12. The molecule has 1 fully saturated rings. The van der Waals surface area contributed by atoms with Gasteiger partial charge in [-0.25, -0.2) is 9.50 Å². The molecule has 1 aliphatic rings. The second kappa shape index (κ2) is 8.99. The van der Waals surface area contributed by atoms with E-state index in [1.54, 1.807) is 28.9 Å². The SMILES string of the molecule is Cc1cc(-c2c(-c3cccc(C#N)c3)nn3ccc(C(=O)NC[C@H]4CNC(=O)C4)nc23)cc(C)n1. The Morgan fingerprint density at radius 3 is 2.69 bits per heavy atom. The number of hydrogen-bond donors (Lipinski definition) is 2. The summed E-state index contributed by atoms with van der Waals surface area (Å²) in [6.45, 7) is 4.80. The number of nitrogens with one attached hydrogen (secondary N) is 2. The summed E-state index contributed by atoms with van der Waals surface area (Å²) in [7, 11) is 0. The molecule has 1 atom stereocenters. The molecular formula is C26H23N7O2. The maximum absolute atomic E-state index is 12.9. The summed E-state index contributed by atoms with van der Waals surface area (Å²) in [6, 6.07) is 15.0. The molecule has 0 aliphatic carbocycles. The average Bonchev–Trinajstić information content (AvgIpc) is 3.44. The molecule has 0 radical (unpaired) electrons. The molecule has 2 N–H and O–H groups in total. The predicted octanol–water partition coefficient (Wildman–Crippen LogP) is 2.81. The number of pyridine rings is 1. The maximum atomic E-state index is 12.9. The minimum absolute atomic E-state index is 0.00336. The van der Waals surface area contributed by atoms with Crippen molar-refractivity contribution >= 4 is 17.5 Å². The third kappa shape index (κ3) is 4.46. The van der Waals surface area contributed by atoms with E-state index in [0.29, 0.717) is 36.4 Å². The molecular weight excluding hydrogens is 442 g/mol. The molecule has 4 aromatic rings. The van der Waals surface area contributed by atoms with Gasteiger partial charge >= 0.3 is 0 Å². The number of nitrogens with zero attached hydrogens (tertiary/aromatic N) is 5. The first-order chi connectivity index (χ1) is 16.9. The largest absolute Gasteiger partial charge is 0.356 e. The van der Waals surface area contributed by atoms with Crippen molar-refractivity contribution in [2.24, 2.45) is 5.92 Å². The number of amides is 2. The van der Waals surface area contributed by atoms with Gasteiger partial charge in [-0.05, 0) is 49.7 Å². The highest BCUT2D eigenvalue weighted by Crippen LogP contribution is 2.35. The molecule has 9 heteroatoms. The van der Waals surface area contributed by atoms with Crippen LogP contribution in [0.15, 0.2) is 48.7 Å². The first kappa shape index (κ1) is 22.2. The fourth-order valence-electron chi connectivity index (χ4n) is 4.38. The van der Waals surface area contributed by atoms with Crippen molar-refractivity contribution in [2.75, 3.05) is 13.1 Å². The van der Waals surface area contributed by atoms with Gasteiger partial charge in [0.05, 0.1) is 17.2 Å². The van der Waals surface area contributed by atoms with Gasteiger partial charge in [0.25, 0.3) is 5.91 Å². The summed E-state index contributed by atoms with van der Waals surface area (Å²) in [4.78, 5) is 33.5. The van der Waals surface area contributed by atoms with Crippen molar-refractivity contribution in [3.05, 3.63) is 71.3 Å². The van der Waals surface area contributed by atoms with Gasteiger partial charge in [-0.1, -0.05) is 12.1 Å². The van der Waals surface area contributed by atoms with E-state index in [2.05, 4.69) is 26.7 Å². The van der Waals surface area contributed by atoms with E-state index in [0.717, 1.165) is 28.1 Å². The number of benzene rings is 1. The van der Waals surface area contributed by atoms with Crippen molar-refractivity contribution in [2.45, 2.75) is 20.3 Å². The Labute approximate surface area is 201 Å². The number of rotatable bonds is 5. The molecule has 3 aromatic heterocycles. The number of hydrogen-bond acceptors (Lipinski definition) is 6. The Kier molecular flexibility index (Phi) is 5.71. The number of fused-ring (bicyclic) bond motifs is 1. The van der Waals surface area contributed by atoms with E-state index in [9.17, 15) is 14.9 Å². The van der Waals surface area contributed by atoms with Crippen molar-refractivity contribution in [1.29, 1.82) is 5.26 Å². The number of carbonyl (C=O) groups excluding carboxylic acids is 2. The van der Waals surface area contributed by atoms with Crippen molar-refractivity contribution < 1.29 is 9.59 Å². The summed E-state index contributed by atoms with van der Waals surface area (Å²) in [5, 5.41) is 19.8. The third-order valence-electron chi connectivity index (χ3n) is 5.97. The fourth-order valence-corrected chi connectivity index (χ4v) is 4.38. The van der Waals surface area contributed by atoms with Crippen LogP contribution in [0.1, 0.15) is 33.9 Å². The Hall–Kier alpha value is -4.58. The lowest BCUT2D eigenvalue weighted by atomic mass is 9.99. The van der Waals surface area contributed by atoms with Crippen molar-refractivity contribution in [3.63, 3.8) is 0 Å². The maximum Gasteiger partial charge on any atom is 0.270 e. The average molecular weight is 466 g/mol. The molecule has 1 aliphatic heterocycles. The summed E-state index contributed by atoms with van der Waals surface area (Å²) in [5.41, 5.74) is 6.09. The van der Waals surface area contributed by atoms with E-state index in [-0.39, 0.29) is 23.4 Å². The van der Waals surface area contributed by atoms with E-state index < -0.39 is 0 Å². The Morgan fingerprint density at radius 1 is 1.17 bits per heavy atom. The lowest BCUT2D eigenvalue weighted by Gasteiger charge is -2.09. The third-order valence-corrected chi connectivity index (χ3v) is 5.97. The van der Waals surface area contributed by atoms with Gasteiger partial charge in [0.1, 0.15) is 11.4 Å². The van der Waals surface area contributed by atoms with Crippen LogP contribution in [0.25, 0.3) is 28.0 Å². The monoisotopic (exact) mass is 465 g/mol. The Bertz CT molecular complexity index is 1500. The summed E-state index contributed by atoms with van der Waals surface area (Å²) in [5.74, 6) is -0.236. The fraction of sp³-hybridized carbons (Fsp3) is 0.231. The molecule has 1 aromatic carbocycles. The molecule has 0 saturated carbocycles. The van der Waals surface area contributed by atoms with Gasteiger partial charge in [0.2, 0.25) is 5.91 Å². The van der Waals surface area contributed by atoms with Crippen LogP contribution in [-0.4, -0.2) is 44.5 Å². The van der Waals surface area contributed by atoms with Crippen molar-refractivity contribution in [1.82, 2.24) is 30.2 Å². The van der Waals surface area contributed by atoms with Crippen LogP contribution in [0.5, 0.6) is 0 Å². The van der Waals surface area contributed by atoms with E-state index in [1.807, 2.05) is 38.1 Å². The minimum atomic E-state index is -0.311. The number of aromatic nitrogens is 4. The highest BCUT2D eigenvalue weighted by molar-refractivity contribution is 5.95. The van der Waals surface area contributed by atoms with E-state index in [1.165, 1.54) is 0 Å². The molecule has 1 saturated heterocycles. The highest BCUT2D eigenvalue weighted by Gasteiger charge is 2.23. The number of aryl methyl sites for hydroxylation is 2. The zero-order chi connectivity index (χ0) is 24.5. The predicted molar refractivity (Wildman–Crippen MR) is 129 cm³/mol. The minimum Gasteiger partial charge on any atom is -0.356 e. The molecule has 0 spiro atoms. The molecule has 0 unspecified atom stereocenters. The first-order valence-corrected chi connectivity index (χ1v) is 11.3. The van der Waals surface area contributed by atoms with Gasteiger partial charge in [-0.3, -0.25) is 14.6 Å². The second-order valence-electron chi connectivity index (χ2n) is 8.72. The van der Waals surface area contributed by atoms with E-state index >= 15 is 0 Å². The lowest BCUT2D eigenvalue weighted by molar-refractivity contribution is -0.119. The molecule has 9 nitrogen and oxygen atoms in total. The first-order valence-electron chi connectivity index (χ1n) is 11.3. The van der Waals surface area contributed by atoms with Crippen LogP contribution in [0.2, 0.25) is 0 Å². The zero-order valence-corrected chi connectivity index (χ0v) is 19.4. The summed E-state index contributed by atoms with van der Waals surface area (Å²) < 4.78 is 1.64. The molecule has 174 valence electrons. The van der Waals surface area contributed by atoms with Gasteiger partial charge < -0.3 is 10.6 Å². The Balaban J connectivity index is 1.60. The lowest BCUT2D eigenvalue weighted by Crippen LogP contribution is -2.30. The van der Waals surface area contributed by atoms with Crippen LogP contribution in [-0.2, 0) is 4.79 Å².